The highest BCUT2D eigenvalue weighted by Crippen LogP contribution is 2.51. The number of benzene rings is 1. The number of halogens is 1. The number of aromatic hydroxyl groups is 1. The number of hydrogen-bond acceptors (Lipinski definition) is 9. The van der Waals surface area contributed by atoms with Gasteiger partial charge in [-0.2, -0.15) is 0 Å². The first kappa shape index (κ1) is 29.5. The number of phenolic OH excluding ortho intramolecular Hbond substituents is 1. The fraction of sp³-hybridized carbons (Fsp3) is 0.633. The number of phenols is 1. The lowest BCUT2D eigenvalue weighted by atomic mass is 9.52. The molecule has 4 aliphatic carbocycles. The van der Waals surface area contributed by atoms with E-state index in [1.54, 1.807) is 0 Å². The number of aliphatic hydroxyl groups is 1. The average molecular weight is 572 g/mol. The predicted molar refractivity (Wildman–Crippen MR) is 144 cm³/mol. The molecule has 5 rings (SSSR count). The molecule has 3 saturated carbocycles. The van der Waals surface area contributed by atoms with Crippen LogP contribution in [0.3, 0.4) is 0 Å². The van der Waals surface area contributed by atoms with Gasteiger partial charge in [0.1, 0.15) is 11.6 Å². The van der Waals surface area contributed by atoms with E-state index in [2.05, 4.69) is 11.8 Å². The van der Waals surface area contributed by atoms with Crippen LogP contribution in [0, 0.1) is 29.5 Å². The van der Waals surface area contributed by atoms with Gasteiger partial charge in [-0.25, -0.2) is 4.39 Å². The average Bonchev–Trinajstić information content (AvgIpc) is 3.34. The smallest absolute Gasteiger partial charge is 0.235 e. The molecule has 4 aliphatic rings. The van der Waals surface area contributed by atoms with Gasteiger partial charge in [0.2, 0.25) is 5.91 Å². The summed E-state index contributed by atoms with van der Waals surface area (Å²) in [5.41, 5.74) is 2.36. The highest BCUT2D eigenvalue weighted by atomic mass is 19.1. The second kappa shape index (κ2) is 10.1. The third kappa shape index (κ3) is 4.19. The number of fused-ring (bicyclic) bond motifs is 3. The first-order valence-corrected chi connectivity index (χ1v) is 14.3. The molecule has 3 fully saturated rings. The Labute approximate surface area is 238 Å². The minimum atomic E-state index is -2.80. The molecule has 41 heavy (non-hydrogen) atoms. The van der Waals surface area contributed by atoms with Crippen LogP contribution in [0.1, 0.15) is 67.4 Å². The van der Waals surface area contributed by atoms with Crippen LogP contribution >= 0.6 is 0 Å². The summed E-state index contributed by atoms with van der Waals surface area (Å²) < 4.78 is 16.2. The van der Waals surface area contributed by atoms with Crippen molar-refractivity contribution in [3.63, 3.8) is 0 Å². The molecule has 0 bridgehead atoms. The molecule has 0 spiro atoms. The van der Waals surface area contributed by atoms with Gasteiger partial charge < -0.3 is 15.9 Å². The number of ketones is 4. The zero-order chi connectivity index (χ0) is 30.2. The number of nitrogens with two attached hydrogens (primary N) is 1. The van der Waals surface area contributed by atoms with E-state index in [9.17, 15) is 34.2 Å². The number of nitrogens with zero attached hydrogens (tertiary/aromatic N) is 2. The molecule has 0 aliphatic heterocycles. The van der Waals surface area contributed by atoms with Crippen molar-refractivity contribution >= 4 is 29.0 Å². The van der Waals surface area contributed by atoms with E-state index in [4.69, 9.17) is 5.73 Å². The second-order valence-electron chi connectivity index (χ2n) is 12.7. The Morgan fingerprint density at radius 1 is 1.15 bits per heavy atom. The number of primary amides is 1. The third-order valence-electron chi connectivity index (χ3n) is 10.3. The van der Waals surface area contributed by atoms with Crippen LogP contribution in [0.25, 0.3) is 0 Å². The Morgan fingerprint density at radius 3 is 2.34 bits per heavy atom. The minimum absolute atomic E-state index is 0.00185. The fourth-order valence-corrected chi connectivity index (χ4v) is 8.17. The molecule has 0 radical (unpaired) electrons. The molecule has 0 aromatic heterocycles. The van der Waals surface area contributed by atoms with Crippen LogP contribution in [0.2, 0.25) is 0 Å². The van der Waals surface area contributed by atoms with Crippen molar-refractivity contribution in [3.8, 4) is 5.75 Å². The van der Waals surface area contributed by atoms with Gasteiger partial charge in [0, 0.05) is 29.1 Å². The topological polar surface area (TPSA) is 158 Å². The Bertz CT molecular complexity index is 1350. The van der Waals surface area contributed by atoms with Gasteiger partial charge in [0.25, 0.3) is 0 Å². The van der Waals surface area contributed by atoms with Crippen LogP contribution < -0.4 is 5.73 Å². The first-order valence-electron chi connectivity index (χ1n) is 14.3. The molecule has 4 N–H and O–H groups in total. The Kier molecular flexibility index (Phi) is 7.23. The molecule has 6 atom stereocenters. The summed E-state index contributed by atoms with van der Waals surface area (Å²) in [6.45, 7) is 5.06. The lowest BCUT2D eigenvalue weighted by Crippen LogP contribution is -2.74. The van der Waals surface area contributed by atoms with E-state index in [0.717, 1.165) is 25.7 Å². The largest absolute Gasteiger partial charge is 0.507 e. The Hall–Kier alpha value is -3.02. The van der Waals surface area contributed by atoms with Gasteiger partial charge in [-0.05, 0) is 65.2 Å². The first-order chi connectivity index (χ1) is 19.2. The maximum atomic E-state index is 16.2. The monoisotopic (exact) mass is 571 g/mol. The van der Waals surface area contributed by atoms with Crippen molar-refractivity contribution < 1.29 is 38.6 Å². The van der Waals surface area contributed by atoms with Crippen LogP contribution in [0.5, 0.6) is 5.75 Å². The van der Waals surface area contributed by atoms with E-state index in [1.807, 2.05) is 6.92 Å². The molecule has 1 aromatic rings. The molecular weight excluding hydrogens is 533 g/mol. The third-order valence-corrected chi connectivity index (χ3v) is 10.3. The van der Waals surface area contributed by atoms with Crippen molar-refractivity contribution in [2.45, 2.75) is 76.1 Å². The molecule has 0 heterocycles. The number of carbonyl (C=O) groups is 5. The standard InChI is InChI=1S/C30H38FN3O7/c1-5-34(29(2)8-6-7-9-29)13-15-12-18(35)20-16(22(15)31)10-14-11-17-23(33(3)4)25(37)21(28(32)40)27(39)30(17,41)26(38)19(14)24(20)36/h12,14,17,19,21,23,35,41H,5-11,13H2,1-4H3,(H2,32,40)/t14-,17-,19?,21?,23-,30-/m0/s1. The van der Waals surface area contributed by atoms with Crippen molar-refractivity contribution in [2.75, 3.05) is 20.6 Å². The maximum Gasteiger partial charge on any atom is 0.235 e. The van der Waals surface area contributed by atoms with E-state index < -0.39 is 75.9 Å². The molecule has 2 unspecified atom stereocenters. The van der Waals surface area contributed by atoms with Gasteiger partial charge in [-0.1, -0.05) is 19.8 Å². The summed E-state index contributed by atoms with van der Waals surface area (Å²) in [6.07, 6.45) is 3.92. The maximum absolute atomic E-state index is 16.2. The van der Waals surface area contributed by atoms with E-state index >= 15 is 4.39 Å². The number of hydrogen-bond donors (Lipinski definition) is 3. The summed E-state index contributed by atoms with van der Waals surface area (Å²) in [6, 6.07) is 0.0276. The van der Waals surface area contributed by atoms with Gasteiger partial charge in [0.05, 0.1) is 17.5 Å². The van der Waals surface area contributed by atoms with Crippen molar-refractivity contribution in [2.24, 2.45) is 29.4 Å². The van der Waals surface area contributed by atoms with Crippen molar-refractivity contribution in [3.05, 3.63) is 28.6 Å². The highest BCUT2D eigenvalue weighted by Gasteiger charge is 2.69. The van der Waals surface area contributed by atoms with Gasteiger partial charge in [-0.15, -0.1) is 0 Å². The quantitative estimate of drug-likeness (QED) is 0.426. The Morgan fingerprint density at radius 2 is 1.78 bits per heavy atom. The fourth-order valence-electron chi connectivity index (χ4n) is 8.17. The van der Waals surface area contributed by atoms with Crippen molar-refractivity contribution in [1.29, 1.82) is 0 Å². The lowest BCUT2D eigenvalue weighted by molar-refractivity contribution is -0.181. The molecule has 0 saturated heterocycles. The van der Waals surface area contributed by atoms with E-state index in [0.29, 0.717) is 6.54 Å². The SMILES string of the molecule is CCN(Cc1cc(O)c2c(c1F)C[C@H]1C[C@H]3[C@H](N(C)C)C(=O)C(C(N)=O)C(=O)[C@@]3(O)C(=O)C1C2=O)C1(C)CCCC1. The number of Topliss-reactive ketones (excluding diaryl/α,β-unsaturated/α-hetero) is 4. The molecular formula is C30H38FN3O7. The molecule has 1 aromatic carbocycles. The normalized spacial score (nSPS) is 32.7. The number of amides is 1. The number of likely N-dealkylation sites (N-methyl/N-ethyl adjacent to an activating group) is 1. The van der Waals surface area contributed by atoms with E-state index in [1.165, 1.54) is 25.1 Å². The highest BCUT2D eigenvalue weighted by molar-refractivity contribution is 6.32. The summed E-state index contributed by atoms with van der Waals surface area (Å²) in [7, 11) is 3.03. The number of rotatable bonds is 6. The summed E-state index contributed by atoms with van der Waals surface area (Å²) in [4.78, 5) is 69.8. The summed E-state index contributed by atoms with van der Waals surface area (Å²) in [5.74, 6) is -12.2. The number of carbonyl (C=O) groups excluding carboxylic acids is 5. The second-order valence-corrected chi connectivity index (χ2v) is 12.7. The predicted octanol–water partition coefficient (Wildman–Crippen LogP) is 1.16. The van der Waals surface area contributed by atoms with E-state index in [-0.39, 0.29) is 41.6 Å². The Balaban J connectivity index is 1.56. The molecule has 1 amide bonds. The van der Waals surface area contributed by atoms with Gasteiger partial charge >= 0.3 is 0 Å². The van der Waals surface area contributed by atoms with Gasteiger partial charge in [0.15, 0.2) is 34.7 Å². The molecule has 222 valence electrons. The summed E-state index contributed by atoms with van der Waals surface area (Å²) in [5, 5.41) is 22.6. The van der Waals surface area contributed by atoms with Crippen LogP contribution in [0.4, 0.5) is 4.39 Å². The molecule has 10 nitrogen and oxygen atoms in total. The minimum Gasteiger partial charge on any atom is -0.507 e. The zero-order valence-electron chi connectivity index (χ0n) is 23.9. The van der Waals surface area contributed by atoms with Crippen LogP contribution in [0.15, 0.2) is 6.07 Å². The zero-order valence-corrected chi connectivity index (χ0v) is 23.9. The molecule has 11 heteroatoms. The van der Waals surface area contributed by atoms with Gasteiger partial charge in [-0.3, -0.25) is 33.8 Å². The summed E-state index contributed by atoms with van der Waals surface area (Å²) >= 11 is 0. The van der Waals surface area contributed by atoms with Crippen LogP contribution in [-0.4, -0.2) is 86.9 Å². The lowest BCUT2D eigenvalue weighted by Gasteiger charge is -2.52. The van der Waals surface area contributed by atoms with Crippen LogP contribution in [-0.2, 0) is 32.1 Å². The van der Waals surface area contributed by atoms with Crippen molar-refractivity contribution in [1.82, 2.24) is 9.80 Å².